The van der Waals surface area contributed by atoms with Crippen molar-refractivity contribution < 1.29 is 37.3 Å². The highest BCUT2D eigenvalue weighted by molar-refractivity contribution is 7.47. The first-order chi connectivity index (χ1) is 29.6. The van der Waals surface area contributed by atoms with Crippen molar-refractivity contribution in [2.45, 2.75) is 251 Å². The molecule has 0 saturated carbocycles. The number of unbranched alkanes of at least 4 members (excludes halogenated alkanes) is 31. The lowest BCUT2D eigenvalue weighted by atomic mass is 10.0. The van der Waals surface area contributed by atoms with Gasteiger partial charge in [-0.3, -0.25) is 13.8 Å². The highest BCUT2D eigenvalue weighted by Crippen LogP contribution is 2.43. The molecule has 0 aliphatic carbocycles. The molecule has 2 atom stereocenters. The zero-order valence-corrected chi connectivity index (χ0v) is 42.1. The van der Waals surface area contributed by atoms with E-state index in [0.29, 0.717) is 24.1 Å². The van der Waals surface area contributed by atoms with Crippen molar-refractivity contribution in [3.63, 3.8) is 0 Å². The largest absolute Gasteiger partial charge is 0.472 e. The Kier molecular flexibility index (Phi) is 44.8. The van der Waals surface area contributed by atoms with Crippen LogP contribution in [0.5, 0.6) is 0 Å². The van der Waals surface area contributed by atoms with Gasteiger partial charge in [-0.2, -0.15) is 0 Å². The average molecular weight is 885 g/mol. The van der Waals surface area contributed by atoms with Gasteiger partial charge in [-0.25, -0.2) is 4.57 Å². The predicted molar refractivity (Wildman–Crippen MR) is 261 cm³/mol. The van der Waals surface area contributed by atoms with E-state index in [1.54, 1.807) is 0 Å². The predicted octanol–water partition coefficient (Wildman–Crippen LogP) is 16.0. The fourth-order valence-electron chi connectivity index (χ4n) is 7.47. The third-order valence-electron chi connectivity index (χ3n) is 11.5. The minimum absolute atomic E-state index is 0.0914. The van der Waals surface area contributed by atoms with Crippen LogP contribution < -0.4 is 0 Å². The zero-order valence-electron chi connectivity index (χ0n) is 41.2. The van der Waals surface area contributed by atoms with Gasteiger partial charge in [0.1, 0.15) is 19.3 Å². The van der Waals surface area contributed by atoms with Gasteiger partial charge in [-0.1, -0.05) is 218 Å². The smallest absolute Gasteiger partial charge is 0.457 e. The van der Waals surface area contributed by atoms with Crippen LogP contribution in [0.3, 0.4) is 0 Å². The van der Waals surface area contributed by atoms with Crippen molar-refractivity contribution in [2.24, 2.45) is 0 Å². The topological polar surface area (TPSA) is 91.3 Å². The van der Waals surface area contributed by atoms with E-state index in [0.717, 1.165) is 38.5 Å². The van der Waals surface area contributed by atoms with Crippen molar-refractivity contribution in [1.82, 2.24) is 0 Å². The number of esters is 1. The van der Waals surface area contributed by atoms with Gasteiger partial charge in [0, 0.05) is 13.0 Å². The lowest BCUT2D eigenvalue weighted by molar-refractivity contribution is -0.870. The molecule has 8 nitrogen and oxygen atoms in total. The van der Waals surface area contributed by atoms with Crippen LogP contribution in [-0.4, -0.2) is 75.6 Å². The summed E-state index contributed by atoms with van der Waals surface area (Å²) in [6, 6.07) is 0. The minimum Gasteiger partial charge on any atom is -0.457 e. The molecule has 61 heavy (non-hydrogen) atoms. The van der Waals surface area contributed by atoms with Crippen LogP contribution in [0, 0.1) is 0 Å². The number of carbonyl (C=O) groups is 1. The van der Waals surface area contributed by atoms with Crippen LogP contribution in [0.2, 0.25) is 0 Å². The molecule has 0 bridgehead atoms. The fraction of sp³-hybridized carbons (Fsp3) is 0.904. The normalized spacial score (nSPS) is 13.7. The van der Waals surface area contributed by atoms with E-state index in [-0.39, 0.29) is 25.8 Å². The molecular weight excluding hydrogens is 782 g/mol. The molecule has 2 unspecified atom stereocenters. The van der Waals surface area contributed by atoms with Gasteiger partial charge in [0.05, 0.1) is 34.4 Å². The number of nitrogens with zero attached hydrogens (tertiary/aromatic N) is 1. The highest BCUT2D eigenvalue weighted by atomic mass is 31.2. The Morgan fingerprint density at radius 1 is 0.508 bits per heavy atom. The van der Waals surface area contributed by atoms with Crippen LogP contribution in [-0.2, 0) is 27.9 Å². The molecule has 0 aromatic rings. The van der Waals surface area contributed by atoms with Gasteiger partial charge in [0.25, 0.3) is 0 Å². The summed E-state index contributed by atoms with van der Waals surface area (Å²) < 4.78 is 35.1. The number of likely N-dealkylation sites (N-methyl/N-ethyl adjacent to an activating group) is 1. The maximum atomic E-state index is 12.7. The molecular formula is C52H103NO7P+. The maximum Gasteiger partial charge on any atom is 0.472 e. The summed E-state index contributed by atoms with van der Waals surface area (Å²) >= 11 is 0. The van der Waals surface area contributed by atoms with Gasteiger partial charge in [-0.05, 0) is 44.9 Å². The third-order valence-corrected chi connectivity index (χ3v) is 12.5. The first kappa shape index (κ1) is 60.0. The van der Waals surface area contributed by atoms with E-state index in [9.17, 15) is 14.3 Å². The second-order valence-electron chi connectivity index (χ2n) is 18.9. The molecule has 0 aromatic carbocycles. The number of ether oxygens (including phenoxy) is 2. The first-order valence-electron chi connectivity index (χ1n) is 26.1. The molecule has 0 rings (SSSR count). The van der Waals surface area contributed by atoms with E-state index >= 15 is 0 Å². The second-order valence-corrected chi connectivity index (χ2v) is 20.4. The second kappa shape index (κ2) is 45.5. The average Bonchev–Trinajstić information content (AvgIpc) is 3.22. The van der Waals surface area contributed by atoms with Gasteiger partial charge < -0.3 is 18.9 Å². The van der Waals surface area contributed by atoms with Crippen LogP contribution in [0.1, 0.15) is 245 Å². The molecule has 9 heteroatoms. The lowest BCUT2D eigenvalue weighted by Crippen LogP contribution is -2.37. The highest BCUT2D eigenvalue weighted by Gasteiger charge is 2.26. The number of rotatable bonds is 49. The molecule has 0 amide bonds. The quantitative estimate of drug-likeness (QED) is 0.0214. The van der Waals surface area contributed by atoms with E-state index in [2.05, 4.69) is 38.2 Å². The number of hydrogen-bond acceptors (Lipinski definition) is 6. The monoisotopic (exact) mass is 885 g/mol. The molecule has 0 aliphatic heterocycles. The van der Waals surface area contributed by atoms with Crippen molar-refractivity contribution >= 4 is 13.8 Å². The summed E-state index contributed by atoms with van der Waals surface area (Å²) in [5, 5.41) is 0. The third kappa shape index (κ3) is 49.8. The molecule has 0 saturated heterocycles. The first-order valence-corrected chi connectivity index (χ1v) is 27.6. The Balaban J connectivity index is 4.02. The molecule has 0 aromatic heterocycles. The van der Waals surface area contributed by atoms with Crippen molar-refractivity contribution in [2.75, 3.05) is 54.1 Å². The Hall–Kier alpha value is -1.02. The van der Waals surface area contributed by atoms with Crippen LogP contribution in [0.4, 0.5) is 0 Å². The number of quaternary nitrogens is 1. The summed E-state index contributed by atoms with van der Waals surface area (Å²) in [5.41, 5.74) is 0. The van der Waals surface area contributed by atoms with Gasteiger partial charge >= 0.3 is 13.8 Å². The number of phosphoric acid groups is 1. The van der Waals surface area contributed by atoms with Crippen molar-refractivity contribution in [1.29, 1.82) is 0 Å². The molecule has 1 N–H and O–H groups in total. The number of carbonyl (C=O) groups excluding carboxylic acids is 1. The molecule has 0 spiro atoms. The summed E-state index contributed by atoms with van der Waals surface area (Å²) in [6.45, 7) is 5.66. The van der Waals surface area contributed by atoms with Crippen molar-refractivity contribution in [3.8, 4) is 0 Å². The standard InChI is InChI=1S/C52H102NO7P/c1-6-8-10-12-14-16-18-20-21-22-23-24-25-26-27-28-29-30-31-32-34-36-38-40-42-44-47-57-49-51(50-59-61(55,56)58-48-46-53(3,4)5)60-52(54)45-43-41-39-37-35-33-19-17-15-13-11-9-7-2/h18,20,22-23,51H,6-17,19,21,24-50H2,1-5H3/p+1/b20-18-,23-22-. The van der Waals surface area contributed by atoms with Gasteiger partial charge in [0.2, 0.25) is 0 Å². The van der Waals surface area contributed by atoms with Crippen LogP contribution in [0.15, 0.2) is 24.3 Å². The minimum atomic E-state index is -4.27. The number of allylic oxidation sites excluding steroid dienone is 4. The van der Waals surface area contributed by atoms with Crippen LogP contribution >= 0.6 is 7.82 Å². The van der Waals surface area contributed by atoms with Gasteiger partial charge in [-0.15, -0.1) is 0 Å². The number of phosphoric ester groups is 1. The molecule has 0 fully saturated rings. The van der Waals surface area contributed by atoms with E-state index in [4.69, 9.17) is 18.5 Å². The summed E-state index contributed by atoms with van der Waals surface area (Å²) in [5.74, 6) is -0.310. The number of hydrogen-bond donors (Lipinski definition) is 1. The summed E-state index contributed by atoms with van der Waals surface area (Å²) in [6.07, 6.45) is 53.7. The molecule has 0 heterocycles. The van der Waals surface area contributed by atoms with Gasteiger partial charge in [0.15, 0.2) is 0 Å². The Labute approximate surface area is 379 Å². The summed E-state index contributed by atoms with van der Waals surface area (Å²) in [7, 11) is 1.68. The van der Waals surface area contributed by atoms with Crippen LogP contribution in [0.25, 0.3) is 0 Å². The lowest BCUT2D eigenvalue weighted by Gasteiger charge is -2.24. The molecule has 0 radical (unpaired) electrons. The Morgan fingerprint density at radius 3 is 1.33 bits per heavy atom. The van der Waals surface area contributed by atoms with E-state index in [1.807, 2.05) is 21.1 Å². The van der Waals surface area contributed by atoms with Crippen molar-refractivity contribution in [3.05, 3.63) is 24.3 Å². The SMILES string of the molecule is CCCCCCC/C=C\C/C=C\CCCCCCCCCCCCCCCCOCC(COP(=O)(O)OCC[N+](C)(C)C)OC(=O)CCCCCCCCCCCCCCC. The zero-order chi connectivity index (χ0) is 44.8. The molecule has 0 aliphatic rings. The Morgan fingerprint density at radius 2 is 0.902 bits per heavy atom. The van der Waals surface area contributed by atoms with E-state index < -0.39 is 13.9 Å². The summed E-state index contributed by atoms with van der Waals surface area (Å²) in [4.78, 5) is 22.9. The molecule has 362 valence electrons. The maximum absolute atomic E-state index is 12.7. The fourth-order valence-corrected chi connectivity index (χ4v) is 8.21. The Bertz CT molecular complexity index is 1030. The van der Waals surface area contributed by atoms with E-state index in [1.165, 1.54) is 186 Å².